The van der Waals surface area contributed by atoms with E-state index in [2.05, 4.69) is 18.0 Å². The summed E-state index contributed by atoms with van der Waals surface area (Å²) in [5.41, 5.74) is 0. The van der Waals surface area contributed by atoms with Crippen LogP contribution in [0.15, 0.2) is 0 Å². The standard InChI is InChI=1S/C46H90O12S/c1-3-5-7-9-11-13-15-17-19-20-22-24-26-28-30-32-34-36-54-38-40(39-55-46-44(50)45(58-59(51,52)53)43(49)41(37-47)57-46)56-42(48)35-33-31-29-27-25-23-21-18-16-14-12-10-8-6-4-2/h40-41,43-47,49-50H,3-39H2,1-2H3,(H,51,52,53). The first-order valence-corrected chi connectivity index (χ1v) is 25.7. The number of carbonyl (C=O) groups excluding carboxylic acids is 1. The molecule has 1 fully saturated rings. The number of ether oxygens (including phenoxy) is 4. The summed E-state index contributed by atoms with van der Waals surface area (Å²) in [5.74, 6) is -0.393. The second-order valence-electron chi connectivity index (χ2n) is 17.1. The van der Waals surface area contributed by atoms with Gasteiger partial charge < -0.3 is 34.3 Å². The van der Waals surface area contributed by atoms with Crippen LogP contribution in [0.2, 0.25) is 0 Å². The van der Waals surface area contributed by atoms with E-state index in [-0.39, 0.29) is 19.6 Å². The first kappa shape index (κ1) is 56.1. The quantitative estimate of drug-likeness (QED) is 0.0259. The van der Waals surface area contributed by atoms with Gasteiger partial charge in [0.05, 0.1) is 19.8 Å². The number of carbonyl (C=O) groups is 1. The van der Waals surface area contributed by atoms with E-state index in [9.17, 15) is 28.5 Å². The Bertz CT molecular complexity index is 1050. The van der Waals surface area contributed by atoms with Crippen LogP contribution in [0, 0.1) is 0 Å². The maximum Gasteiger partial charge on any atom is 0.397 e. The second-order valence-corrected chi connectivity index (χ2v) is 18.1. The van der Waals surface area contributed by atoms with Crippen LogP contribution in [-0.2, 0) is 38.3 Å². The minimum absolute atomic E-state index is 0.0449. The fourth-order valence-electron chi connectivity index (χ4n) is 7.79. The van der Waals surface area contributed by atoms with Gasteiger partial charge >= 0.3 is 16.4 Å². The van der Waals surface area contributed by atoms with Gasteiger partial charge in [-0.2, -0.15) is 8.42 Å². The summed E-state index contributed by atoms with van der Waals surface area (Å²) in [5, 5.41) is 30.7. The second kappa shape index (κ2) is 38.7. The number of aliphatic hydroxyl groups excluding tert-OH is 3. The van der Waals surface area contributed by atoms with Crippen LogP contribution in [0.25, 0.3) is 0 Å². The van der Waals surface area contributed by atoms with Crippen molar-refractivity contribution >= 4 is 16.4 Å². The molecule has 352 valence electrons. The molecule has 1 heterocycles. The summed E-state index contributed by atoms with van der Waals surface area (Å²) in [7, 11) is -5.06. The van der Waals surface area contributed by atoms with Crippen molar-refractivity contribution in [1.29, 1.82) is 0 Å². The lowest BCUT2D eigenvalue weighted by Crippen LogP contribution is -2.60. The Morgan fingerprint density at radius 2 is 0.966 bits per heavy atom. The molecule has 0 aromatic heterocycles. The molecule has 1 rings (SSSR count). The predicted molar refractivity (Wildman–Crippen MR) is 235 cm³/mol. The Hall–Kier alpha value is -0.900. The highest BCUT2D eigenvalue weighted by Crippen LogP contribution is 2.26. The number of hydrogen-bond donors (Lipinski definition) is 4. The third-order valence-electron chi connectivity index (χ3n) is 11.5. The van der Waals surface area contributed by atoms with Gasteiger partial charge in [-0.05, 0) is 12.8 Å². The van der Waals surface area contributed by atoms with Crippen LogP contribution < -0.4 is 0 Å². The Balaban J connectivity index is 2.38. The SMILES string of the molecule is CCCCCCCCCCCCCCCCCCCOCC(COC1OC(CO)C(O)C(OS(=O)(=O)O)C1O)OC(=O)CCCCCCCCCCCCCCCCC. The van der Waals surface area contributed by atoms with Crippen LogP contribution in [0.5, 0.6) is 0 Å². The molecule has 59 heavy (non-hydrogen) atoms. The van der Waals surface area contributed by atoms with Gasteiger partial charge in [0.2, 0.25) is 0 Å². The molecule has 0 spiro atoms. The lowest BCUT2D eigenvalue weighted by atomic mass is 9.99. The third kappa shape index (κ3) is 32.4. The summed E-state index contributed by atoms with van der Waals surface area (Å²) in [4.78, 5) is 12.9. The van der Waals surface area contributed by atoms with E-state index in [1.54, 1.807) is 0 Å². The Kier molecular flexibility index (Phi) is 36.9. The largest absolute Gasteiger partial charge is 0.457 e. The zero-order valence-corrected chi connectivity index (χ0v) is 38.4. The summed E-state index contributed by atoms with van der Waals surface area (Å²) in [6, 6.07) is 0. The number of hydrogen-bond acceptors (Lipinski definition) is 11. The average molecular weight is 867 g/mol. The van der Waals surface area contributed by atoms with Gasteiger partial charge in [0.1, 0.15) is 30.5 Å². The van der Waals surface area contributed by atoms with Crippen LogP contribution in [0.1, 0.15) is 226 Å². The van der Waals surface area contributed by atoms with E-state index in [0.29, 0.717) is 13.0 Å². The van der Waals surface area contributed by atoms with Gasteiger partial charge in [-0.15, -0.1) is 0 Å². The summed E-state index contributed by atoms with van der Waals surface area (Å²) in [6.45, 7) is 4.04. The topological polar surface area (TPSA) is 178 Å². The van der Waals surface area contributed by atoms with Crippen molar-refractivity contribution < 1.29 is 56.2 Å². The molecule has 1 aliphatic heterocycles. The molecule has 0 amide bonds. The molecule has 0 radical (unpaired) electrons. The molecule has 6 unspecified atom stereocenters. The van der Waals surface area contributed by atoms with E-state index in [1.165, 1.54) is 161 Å². The molecule has 1 aliphatic rings. The van der Waals surface area contributed by atoms with Crippen LogP contribution in [0.3, 0.4) is 0 Å². The molecule has 13 heteroatoms. The van der Waals surface area contributed by atoms with E-state index in [0.717, 1.165) is 38.5 Å². The summed E-state index contributed by atoms with van der Waals surface area (Å²) < 4.78 is 59.1. The van der Waals surface area contributed by atoms with Gasteiger partial charge in [-0.3, -0.25) is 9.35 Å². The van der Waals surface area contributed by atoms with Crippen molar-refractivity contribution in [2.24, 2.45) is 0 Å². The Morgan fingerprint density at radius 1 is 0.576 bits per heavy atom. The van der Waals surface area contributed by atoms with Gasteiger partial charge in [0.15, 0.2) is 6.29 Å². The third-order valence-corrected chi connectivity index (χ3v) is 11.9. The van der Waals surface area contributed by atoms with Gasteiger partial charge in [0.25, 0.3) is 0 Å². The zero-order valence-electron chi connectivity index (χ0n) is 37.6. The molecule has 0 aliphatic carbocycles. The number of rotatable bonds is 43. The minimum atomic E-state index is -5.06. The number of esters is 1. The first-order valence-electron chi connectivity index (χ1n) is 24.3. The number of aliphatic hydroxyl groups is 3. The normalized spacial score (nSPS) is 20.3. The van der Waals surface area contributed by atoms with Crippen molar-refractivity contribution in [3.8, 4) is 0 Å². The van der Waals surface area contributed by atoms with Gasteiger partial charge in [-0.1, -0.05) is 206 Å². The van der Waals surface area contributed by atoms with Crippen molar-refractivity contribution in [1.82, 2.24) is 0 Å². The van der Waals surface area contributed by atoms with Crippen molar-refractivity contribution in [2.75, 3.05) is 26.4 Å². The summed E-state index contributed by atoms with van der Waals surface area (Å²) in [6.07, 6.45) is 31.3. The van der Waals surface area contributed by atoms with E-state index in [4.69, 9.17) is 23.5 Å². The molecular weight excluding hydrogens is 777 g/mol. The summed E-state index contributed by atoms with van der Waals surface area (Å²) >= 11 is 0. The molecule has 0 saturated carbocycles. The predicted octanol–water partition coefficient (Wildman–Crippen LogP) is 10.5. The first-order chi connectivity index (χ1) is 28.6. The molecule has 0 aromatic rings. The molecule has 4 N–H and O–H groups in total. The molecular formula is C46H90O12S. The molecule has 0 bridgehead atoms. The van der Waals surface area contributed by atoms with E-state index in [1.807, 2.05) is 0 Å². The van der Waals surface area contributed by atoms with Gasteiger partial charge in [0, 0.05) is 13.0 Å². The molecule has 1 saturated heterocycles. The smallest absolute Gasteiger partial charge is 0.397 e. The fraction of sp³-hybridized carbons (Fsp3) is 0.978. The van der Waals surface area contributed by atoms with Gasteiger partial charge in [-0.25, -0.2) is 4.18 Å². The molecule has 0 aromatic carbocycles. The lowest BCUT2D eigenvalue weighted by molar-refractivity contribution is -0.301. The maximum absolute atomic E-state index is 12.9. The Morgan fingerprint density at radius 3 is 1.36 bits per heavy atom. The zero-order chi connectivity index (χ0) is 43.2. The number of unbranched alkanes of at least 4 members (excludes halogenated alkanes) is 30. The molecule has 6 atom stereocenters. The minimum Gasteiger partial charge on any atom is -0.457 e. The lowest BCUT2D eigenvalue weighted by Gasteiger charge is -2.41. The van der Waals surface area contributed by atoms with Crippen LogP contribution in [0.4, 0.5) is 0 Å². The van der Waals surface area contributed by atoms with Crippen LogP contribution in [-0.4, -0.2) is 97.5 Å². The highest BCUT2D eigenvalue weighted by molar-refractivity contribution is 7.80. The Labute approximate surface area is 360 Å². The van der Waals surface area contributed by atoms with Crippen molar-refractivity contribution in [2.45, 2.75) is 263 Å². The average Bonchev–Trinajstić information content (AvgIpc) is 3.20. The fourth-order valence-corrected chi connectivity index (χ4v) is 8.30. The van der Waals surface area contributed by atoms with Crippen LogP contribution >= 0.6 is 0 Å². The maximum atomic E-state index is 12.9. The van der Waals surface area contributed by atoms with Crippen molar-refractivity contribution in [3.63, 3.8) is 0 Å². The molecule has 12 nitrogen and oxygen atoms in total. The highest BCUT2D eigenvalue weighted by atomic mass is 32.3. The van der Waals surface area contributed by atoms with Crippen molar-refractivity contribution in [3.05, 3.63) is 0 Å². The van der Waals surface area contributed by atoms with E-state index < -0.39 is 59.8 Å². The van der Waals surface area contributed by atoms with E-state index >= 15 is 0 Å². The highest BCUT2D eigenvalue weighted by Gasteiger charge is 2.48. The monoisotopic (exact) mass is 867 g/mol.